The number of hydrogen-bond acceptors (Lipinski definition) is 2. The lowest BCUT2D eigenvalue weighted by molar-refractivity contribution is 0.627. The fourth-order valence-electron chi connectivity index (χ4n) is 1.75. The van der Waals surface area contributed by atoms with Crippen molar-refractivity contribution in [2.45, 2.75) is 17.2 Å². The Morgan fingerprint density at radius 1 is 1.16 bits per heavy atom. The van der Waals surface area contributed by atoms with Crippen molar-refractivity contribution < 1.29 is 4.39 Å². The summed E-state index contributed by atoms with van der Waals surface area (Å²) in [5.41, 5.74) is 2.18. The molecule has 0 radical (unpaired) electrons. The lowest BCUT2D eigenvalue weighted by atomic mass is 10.2. The minimum atomic E-state index is -0.358. The van der Waals surface area contributed by atoms with Gasteiger partial charge in [0.25, 0.3) is 0 Å². The third kappa shape index (κ3) is 4.23. The van der Waals surface area contributed by atoms with Gasteiger partial charge in [-0.3, -0.25) is 0 Å². The number of rotatable bonds is 5. The summed E-state index contributed by atoms with van der Waals surface area (Å²) in [5.74, 6) is 0.376. The van der Waals surface area contributed by atoms with Gasteiger partial charge < -0.3 is 5.32 Å². The van der Waals surface area contributed by atoms with Crippen LogP contribution in [-0.4, -0.2) is 7.05 Å². The molecule has 0 heterocycles. The van der Waals surface area contributed by atoms with Crippen LogP contribution in [0.1, 0.15) is 11.1 Å². The average molecular weight is 296 g/mol. The van der Waals surface area contributed by atoms with Crippen LogP contribution in [0.25, 0.3) is 0 Å². The SMILES string of the molecule is CNCc1cccc(SCc2ccc(Cl)c(F)c2)c1. The van der Waals surface area contributed by atoms with E-state index in [0.717, 1.165) is 17.9 Å². The van der Waals surface area contributed by atoms with Crippen LogP contribution >= 0.6 is 23.4 Å². The first kappa shape index (κ1) is 14.4. The molecule has 4 heteroatoms. The van der Waals surface area contributed by atoms with Crippen LogP contribution in [0.3, 0.4) is 0 Å². The summed E-state index contributed by atoms with van der Waals surface area (Å²) in [6, 6.07) is 13.3. The predicted molar refractivity (Wildman–Crippen MR) is 80.2 cm³/mol. The Balaban J connectivity index is 2.01. The summed E-state index contributed by atoms with van der Waals surface area (Å²) in [5, 5.41) is 3.30. The monoisotopic (exact) mass is 295 g/mol. The Morgan fingerprint density at radius 3 is 2.74 bits per heavy atom. The number of hydrogen-bond donors (Lipinski definition) is 1. The number of thioether (sulfide) groups is 1. The van der Waals surface area contributed by atoms with Gasteiger partial charge in [0.1, 0.15) is 5.82 Å². The van der Waals surface area contributed by atoms with Crippen molar-refractivity contribution in [1.29, 1.82) is 0 Å². The van der Waals surface area contributed by atoms with E-state index in [-0.39, 0.29) is 10.8 Å². The molecule has 1 nitrogen and oxygen atoms in total. The normalized spacial score (nSPS) is 10.7. The average Bonchev–Trinajstić information content (AvgIpc) is 2.41. The number of halogens is 2. The van der Waals surface area contributed by atoms with E-state index in [1.54, 1.807) is 17.8 Å². The molecule has 2 rings (SSSR count). The van der Waals surface area contributed by atoms with Crippen LogP contribution in [0.4, 0.5) is 4.39 Å². The first-order chi connectivity index (χ1) is 9.19. The Bertz CT molecular complexity index is 560. The molecule has 0 bridgehead atoms. The predicted octanol–water partition coefficient (Wildman–Crippen LogP) is 4.49. The summed E-state index contributed by atoms with van der Waals surface area (Å²) in [6.07, 6.45) is 0. The van der Waals surface area contributed by atoms with Crippen LogP contribution in [-0.2, 0) is 12.3 Å². The van der Waals surface area contributed by atoms with Crippen LogP contribution < -0.4 is 5.32 Å². The number of benzene rings is 2. The fourth-order valence-corrected chi connectivity index (χ4v) is 2.79. The summed E-state index contributed by atoms with van der Waals surface area (Å²) >= 11 is 7.36. The van der Waals surface area contributed by atoms with Crippen LogP contribution in [0, 0.1) is 5.82 Å². The molecule has 0 saturated carbocycles. The highest BCUT2D eigenvalue weighted by molar-refractivity contribution is 7.98. The van der Waals surface area contributed by atoms with Crippen molar-refractivity contribution in [3.63, 3.8) is 0 Å². The maximum atomic E-state index is 13.3. The molecule has 0 saturated heterocycles. The van der Waals surface area contributed by atoms with E-state index in [9.17, 15) is 4.39 Å². The van der Waals surface area contributed by atoms with Gasteiger partial charge in [0.05, 0.1) is 5.02 Å². The van der Waals surface area contributed by atoms with E-state index < -0.39 is 0 Å². The van der Waals surface area contributed by atoms with Crippen molar-refractivity contribution in [3.05, 3.63) is 64.4 Å². The van der Waals surface area contributed by atoms with E-state index in [0.29, 0.717) is 0 Å². The van der Waals surface area contributed by atoms with Crippen LogP contribution in [0.2, 0.25) is 5.02 Å². The molecule has 1 N–H and O–H groups in total. The summed E-state index contributed by atoms with van der Waals surface area (Å²) in [6.45, 7) is 0.851. The molecule has 2 aromatic carbocycles. The quantitative estimate of drug-likeness (QED) is 0.816. The van der Waals surface area contributed by atoms with Gasteiger partial charge in [-0.25, -0.2) is 4.39 Å². The molecule has 0 aliphatic heterocycles. The van der Waals surface area contributed by atoms with Crippen molar-refractivity contribution in [2.24, 2.45) is 0 Å². The Hall–Kier alpha value is -1.03. The van der Waals surface area contributed by atoms with Gasteiger partial charge in [0.15, 0.2) is 0 Å². The zero-order valence-corrected chi connectivity index (χ0v) is 12.2. The van der Waals surface area contributed by atoms with E-state index in [1.165, 1.54) is 16.5 Å². The van der Waals surface area contributed by atoms with E-state index in [4.69, 9.17) is 11.6 Å². The summed E-state index contributed by atoms with van der Waals surface area (Å²) < 4.78 is 13.3. The summed E-state index contributed by atoms with van der Waals surface area (Å²) in [4.78, 5) is 1.18. The van der Waals surface area contributed by atoms with Crippen molar-refractivity contribution in [2.75, 3.05) is 7.05 Å². The third-order valence-corrected chi connectivity index (χ3v) is 4.04. The zero-order chi connectivity index (χ0) is 13.7. The highest BCUT2D eigenvalue weighted by Crippen LogP contribution is 2.25. The lowest BCUT2D eigenvalue weighted by Crippen LogP contribution is -2.04. The van der Waals surface area contributed by atoms with Crippen molar-refractivity contribution in [1.82, 2.24) is 5.32 Å². The van der Waals surface area contributed by atoms with Gasteiger partial charge >= 0.3 is 0 Å². The largest absolute Gasteiger partial charge is 0.316 e. The van der Waals surface area contributed by atoms with Crippen LogP contribution in [0.15, 0.2) is 47.4 Å². The third-order valence-electron chi connectivity index (χ3n) is 2.67. The maximum absolute atomic E-state index is 13.3. The maximum Gasteiger partial charge on any atom is 0.142 e. The fraction of sp³-hybridized carbons (Fsp3) is 0.200. The Morgan fingerprint density at radius 2 is 2.00 bits per heavy atom. The van der Waals surface area contributed by atoms with Gasteiger partial charge in [-0.15, -0.1) is 11.8 Å². The topological polar surface area (TPSA) is 12.0 Å². The molecule has 0 aliphatic carbocycles. The van der Waals surface area contributed by atoms with Gasteiger partial charge in [-0.1, -0.05) is 29.8 Å². The minimum absolute atomic E-state index is 0.171. The zero-order valence-electron chi connectivity index (χ0n) is 10.6. The molecule has 0 atom stereocenters. The summed E-state index contributed by atoms with van der Waals surface area (Å²) in [7, 11) is 1.93. The number of nitrogens with one attached hydrogen (secondary N) is 1. The van der Waals surface area contributed by atoms with E-state index in [1.807, 2.05) is 19.2 Å². The molecule has 2 aromatic rings. The standard InChI is InChI=1S/C15H15ClFNS/c1-18-9-11-3-2-4-13(7-11)19-10-12-5-6-14(16)15(17)8-12/h2-8,18H,9-10H2,1H3. The van der Waals surface area contributed by atoms with E-state index in [2.05, 4.69) is 23.5 Å². The van der Waals surface area contributed by atoms with Gasteiger partial charge in [-0.2, -0.15) is 0 Å². The van der Waals surface area contributed by atoms with Crippen molar-refractivity contribution >= 4 is 23.4 Å². The molecule has 0 fully saturated rings. The smallest absolute Gasteiger partial charge is 0.142 e. The van der Waals surface area contributed by atoms with Gasteiger partial charge in [-0.05, 0) is 42.4 Å². The molecular weight excluding hydrogens is 281 g/mol. The van der Waals surface area contributed by atoms with Gasteiger partial charge in [0.2, 0.25) is 0 Å². The first-order valence-corrected chi connectivity index (χ1v) is 7.35. The van der Waals surface area contributed by atoms with Crippen molar-refractivity contribution in [3.8, 4) is 0 Å². The minimum Gasteiger partial charge on any atom is -0.316 e. The highest BCUT2D eigenvalue weighted by atomic mass is 35.5. The molecule has 0 unspecified atom stereocenters. The molecule has 100 valence electrons. The molecule has 0 spiro atoms. The molecular formula is C15H15ClFNS. The highest BCUT2D eigenvalue weighted by Gasteiger charge is 2.02. The van der Waals surface area contributed by atoms with Crippen LogP contribution in [0.5, 0.6) is 0 Å². The lowest BCUT2D eigenvalue weighted by Gasteiger charge is -2.05. The first-order valence-electron chi connectivity index (χ1n) is 5.99. The molecule has 0 aromatic heterocycles. The molecule has 19 heavy (non-hydrogen) atoms. The Labute approximate surface area is 122 Å². The molecule has 0 aliphatic rings. The second-order valence-electron chi connectivity index (χ2n) is 4.21. The van der Waals surface area contributed by atoms with Gasteiger partial charge in [0, 0.05) is 17.2 Å². The van der Waals surface area contributed by atoms with E-state index >= 15 is 0 Å². The molecule has 0 amide bonds. The second-order valence-corrected chi connectivity index (χ2v) is 5.67. The second kappa shape index (κ2) is 6.94. The Kier molecular flexibility index (Phi) is 5.25.